The summed E-state index contributed by atoms with van der Waals surface area (Å²) in [5.41, 5.74) is 1.15. The average molecular weight is 265 g/mol. The second-order valence-electron chi connectivity index (χ2n) is 5.95. The van der Waals surface area contributed by atoms with Crippen LogP contribution in [0.5, 0.6) is 0 Å². The van der Waals surface area contributed by atoms with Crippen LogP contribution >= 0.6 is 0 Å². The predicted octanol–water partition coefficient (Wildman–Crippen LogP) is 2.45. The van der Waals surface area contributed by atoms with Gasteiger partial charge in [0.25, 0.3) is 0 Å². The van der Waals surface area contributed by atoms with E-state index in [4.69, 9.17) is 0 Å². The van der Waals surface area contributed by atoms with Crippen molar-refractivity contribution in [1.29, 1.82) is 0 Å². The van der Waals surface area contributed by atoms with E-state index in [2.05, 4.69) is 47.8 Å². The Bertz CT molecular complexity index is 380. The smallest absolute Gasteiger partial charge is 0.0764 e. The third kappa shape index (κ3) is 3.80. The summed E-state index contributed by atoms with van der Waals surface area (Å²) in [4.78, 5) is 2.32. The Morgan fingerprint density at radius 2 is 2.11 bits per heavy atom. The minimum absolute atomic E-state index is 0.0486. The molecule has 1 aliphatic rings. The van der Waals surface area contributed by atoms with Crippen molar-refractivity contribution in [2.24, 2.45) is 5.92 Å². The number of aliphatic hydroxyl groups excluding tert-OH is 1. The highest BCUT2D eigenvalue weighted by Gasteiger charge is 2.27. The Labute approximate surface area is 116 Å². The molecule has 1 saturated carbocycles. The van der Waals surface area contributed by atoms with Gasteiger partial charge in [-0.05, 0) is 44.7 Å². The monoisotopic (exact) mass is 265 g/mol. The molecule has 1 aromatic heterocycles. The molecule has 1 aromatic rings. The molecule has 108 valence electrons. The molecule has 19 heavy (non-hydrogen) atoms. The molecule has 4 heteroatoms. The highest BCUT2D eigenvalue weighted by molar-refractivity contribution is 5.00. The normalized spacial score (nSPS) is 23.1. The molecule has 1 heterocycles. The van der Waals surface area contributed by atoms with E-state index in [1.54, 1.807) is 0 Å². The Morgan fingerprint density at radius 1 is 1.42 bits per heavy atom. The molecule has 0 saturated heterocycles. The lowest BCUT2D eigenvalue weighted by molar-refractivity contribution is 0.0272. The molecule has 0 unspecified atom stereocenters. The van der Waals surface area contributed by atoms with Gasteiger partial charge in [-0.1, -0.05) is 13.8 Å². The second-order valence-corrected chi connectivity index (χ2v) is 5.95. The van der Waals surface area contributed by atoms with Gasteiger partial charge in [-0.15, -0.1) is 0 Å². The SMILES string of the molecule is CCC(CC)n1ccc(CN(C)CC2CC(O)C2)n1. The quantitative estimate of drug-likeness (QED) is 0.823. The summed E-state index contributed by atoms with van der Waals surface area (Å²) in [6.45, 7) is 6.39. The second kappa shape index (κ2) is 6.53. The maximum absolute atomic E-state index is 9.31. The summed E-state index contributed by atoms with van der Waals surface area (Å²) in [5.74, 6) is 0.668. The van der Waals surface area contributed by atoms with Crippen molar-refractivity contribution in [3.8, 4) is 0 Å². The van der Waals surface area contributed by atoms with E-state index in [1.807, 2.05) is 0 Å². The molecule has 0 aliphatic heterocycles. The minimum Gasteiger partial charge on any atom is -0.393 e. The first-order valence-electron chi connectivity index (χ1n) is 7.53. The van der Waals surface area contributed by atoms with E-state index in [9.17, 15) is 5.11 Å². The van der Waals surface area contributed by atoms with Crippen LogP contribution in [0.1, 0.15) is 51.3 Å². The zero-order valence-corrected chi connectivity index (χ0v) is 12.4. The fourth-order valence-electron chi connectivity index (χ4n) is 2.96. The van der Waals surface area contributed by atoms with Gasteiger partial charge in [0, 0.05) is 19.3 Å². The van der Waals surface area contributed by atoms with Crippen molar-refractivity contribution >= 4 is 0 Å². The summed E-state index contributed by atoms with van der Waals surface area (Å²) in [6.07, 6.45) is 6.25. The van der Waals surface area contributed by atoms with Gasteiger partial charge in [0.2, 0.25) is 0 Å². The summed E-state index contributed by atoms with van der Waals surface area (Å²) < 4.78 is 2.11. The van der Waals surface area contributed by atoms with Crippen molar-refractivity contribution in [3.05, 3.63) is 18.0 Å². The molecule has 0 spiro atoms. The first-order valence-corrected chi connectivity index (χ1v) is 7.53. The highest BCUT2D eigenvalue weighted by atomic mass is 16.3. The molecule has 0 radical (unpaired) electrons. The molecule has 1 fully saturated rings. The maximum atomic E-state index is 9.31. The third-order valence-corrected chi connectivity index (χ3v) is 4.19. The summed E-state index contributed by atoms with van der Waals surface area (Å²) >= 11 is 0. The van der Waals surface area contributed by atoms with Crippen molar-refractivity contribution in [2.75, 3.05) is 13.6 Å². The summed E-state index contributed by atoms with van der Waals surface area (Å²) in [7, 11) is 2.14. The van der Waals surface area contributed by atoms with E-state index < -0.39 is 0 Å². The molecule has 1 N–H and O–H groups in total. The zero-order chi connectivity index (χ0) is 13.8. The summed E-state index contributed by atoms with van der Waals surface area (Å²) in [5, 5.41) is 14.0. The van der Waals surface area contributed by atoms with Crippen molar-refractivity contribution in [3.63, 3.8) is 0 Å². The lowest BCUT2D eigenvalue weighted by Crippen LogP contribution is -2.36. The minimum atomic E-state index is -0.0486. The first-order chi connectivity index (χ1) is 9.12. The molecule has 1 aliphatic carbocycles. The molecule has 0 aromatic carbocycles. The fourth-order valence-corrected chi connectivity index (χ4v) is 2.96. The molecule has 0 atom stereocenters. The van der Waals surface area contributed by atoms with Crippen LogP contribution < -0.4 is 0 Å². The standard InChI is InChI=1S/C15H27N3O/c1-4-14(5-2)18-7-6-13(16-18)11-17(3)10-12-8-15(19)9-12/h6-7,12,14-15,19H,4-5,8-11H2,1-3H3. The van der Waals surface area contributed by atoms with Crippen molar-refractivity contribution < 1.29 is 5.11 Å². The third-order valence-electron chi connectivity index (χ3n) is 4.19. The molecule has 0 bridgehead atoms. The van der Waals surface area contributed by atoms with E-state index in [0.29, 0.717) is 12.0 Å². The fraction of sp³-hybridized carbons (Fsp3) is 0.800. The number of aromatic nitrogens is 2. The van der Waals surface area contributed by atoms with Gasteiger partial charge in [0.05, 0.1) is 17.8 Å². The van der Waals surface area contributed by atoms with Crippen LogP contribution in [0, 0.1) is 5.92 Å². The van der Waals surface area contributed by atoms with Gasteiger partial charge < -0.3 is 10.0 Å². The van der Waals surface area contributed by atoms with Crippen molar-refractivity contribution in [2.45, 2.75) is 58.2 Å². The first kappa shape index (κ1) is 14.5. The number of hydrogen-bond acceptors (Lipinski definition) is 3. The highest BCUT2D eigenvalue weighted by Crippen LogP contribution is 2.27. The van der Waals surface area contributed by atoms with Gasteiger partial charge in [-0.25, -0.2) is 0 Å². The van der Waals surface area contributed by atoms with Gasteiger partial charge >= 0.3 is 0 Å². The Morgan fingerprint density at radius 3 is 2.68 bits per heavy atom. The largest absolute Gasteiger partial charge is 0.393 e. The van der Waals surface area contributed by atoms with Crippen LogP contribution in [0.15, 0.2) is 12.3 Å². The van der Waals surface area contributed by atoms with Gasteiger partial charge in [0.1, 0.15) is 0 Å². The van der Waals surface area contributed by atoms with E-state index in [1.165, 1.54) is 0 Å². The molecule has 2 rings (SSSR count). The van der Waals surface area contributed by atoms with Gasteiger partial charge in [0.15, 0.2) is 0 Å². The molecular formula is C15H27N3O. The van der Waals surface area contributed by atoms with Crippen LogP contribution in [0.3, 0.4) is 0 Å². The van der Waals surface area contributed by atoms with Crippen molar-refractivity contribution in [1.82, 2.24) is 14.7 Å². The molecule has 0 amide bonds. The van der Waals surface area contributed by atoms with E-state index >= 15 is 0 Å². The van der Waals surface area contributed by atoms with Crippen LogP contribution in [0.4, 0.5) is 0 Å². The molecular weight excluding hydrogens is 238 g/mol. The number of aliphatic hydroxyl groups is 1. The molecule has 4 nitrogen and oxygen atoms in total. The van der Waals surface area contributed by atoms with Crippen LogP contribution in [-0.2, 0) is 6.54 Å². The average Bonchev–Trinajstić information content (AvgIpc) is 2.77. The lowest BCUT2D eigenvalue weighted by Gasteiger charge is -2.34. The van der Waals surface area contributed by atoms with Crippen LogP contribution in [-0.4, -0.2) is 39.5 Å². The van der Waals surface area contributed by atoms with E-state index in [0.717, 1.165) is 44.5 Å². The number of nitrogens with zero attached hydrogens (tertiary/aromatic N) is 3. The Kier molecular flexibility index (Phi) is 4.99. The topological polar surface area (TPSA) is 41.3 Å². The lowest BCUT2D eigenvalue weighted by atomic mass is 9.82. The van der Waals surface area contributed by atoms with E-state index in [-0.39, 0.29) is 6.10 Å². The maximum Gasteiger partial charge on any atom is 0.0764 e. The van der Waals surface area contributed by atoms with Crippen LogP contribution in [0.25, 0.3) is 0 Å². The zero-order valence-electron chi connectivity index (χ0n) is 12.4. The number of rotatable bonds is 7. The number of hydrogen-bond donors (Lipinski definition) is 1. The predicted molar refractivity (Wildman–Crippen MR) is 76.9 cm³/mol. The Balaban J connectivity index is 1.82. The Hall–Kier alpha value is -0.870. The van der Waals surface area contributed by atoms with Gasteiger partial charge in [-0.2, -0.15) is 5.10 Å². The van der Waals surface area contributed by atoms with Crippen LogP contribution in [0.2, 0.25) is 0 Å². The summed E-state index contributed by atoms with van der Waals surface area (Å²) in [6, 6.07) is 2.66. The van der Waals surface area contributed by atoms with Gasteiger partial charge in [-0.3, -0.25) is 4.68 Å².